The topological polar surface area (TPSA) is 49.8 Å². The lowest BCUT2D eigenvalue weighted by atomic mass is 10.2. The maximum absolute atomic E-state index is 11.6. The Hall–Kier alpha value is -1.26. The lowest BCUT2D eigenvalue weighted by Crippen LogP contribution is -2.31. The average molecular weight is 258 g/mol. The number of carbonyl (C=O) groups is 1. The Morgan fingerprint density at radius 1 is 1.53 bits per heavy atom. The van der Waals surface area contributed by atoms with Crippen LogP contribution in [0.15, 0.2) is 18.2 Å². The largest absolute Gasteiger partial charge is 0.482 e. The van der Waals surface area contributed by atoms with Crippen molar-refractivity contribution in [2.45, 2.75) is 13.5 Å². The standard InChI is InChI=1S/C12H16ClNO3/c1-3-14(2)11(16)8-17-12-9(7-15)5-4-6-10(12)13/h4-6,15H,3,7-8H2,1-2H3. The molecule has 0 saturated heterocycles. The normalized spacial score (nSPS) is 10.1. The van der Waals surface area contributed by atoms with Gasteiger partial charge in [0.25, 0.3) is 5.91 Å². The Labute approximate surface area is 106 Å². The van der Waals surface area contributed by atoms with E-state index in [1.165, 1.54) is 0 Å². The van der Waals surface area contributed by atoms with Gasteiger partial charge < -0.3 is 14.7 Å². The van der Waals surface area contributed by atoms with Crippen LogP contribution in [0.4, 0.5) is 0 Å². The van der Waals surface area contributed by atoms with Gasteiger partial charge in [0, 0.05) is 19.2 Å². The van der Waals surface area contributed by atoms with Gasteiger partial charge in [0.1, 0.15) is 5.75 Å². The zero-order chi connectivity index (χ0) is 12.8. The Morgan fingerprint density at radius 3 is 2.82 bits per heavy atom. The highest BCUT2D eigenvalue weighted by Crippen LogP contribution is 2.28. The van der Waals surface area contributed by atoms with Gasteiger partial charge in [-0.05, 0) is 13.0 Å². The number of amides is 1. The third-order valence-electron chi connectivity index (χ3n) is 2.46. The number of aliphatic hydroxyl groups is 1. The molecule has 5 heteroatoms. The van der Waals surface area contributed by atoms with E-state index in [2.05, 4.69) is 0 Å². The first-order valence-electron chi connectivity index (χ1n) is 5.35. The first kappa shape index (κ1) is 13.8. The SMILES string of the molecule is CCN(C)C(=O)COc1c(Cl)cccc1CO. The van der Waals surface area contributed by atoms with Crippen molar-refractivity contribution in [3.63, 3.8) is 0 Å². The van der Waals surface area contributed by atoms with Crippen molar-refractivity contribution in [3.05, 3.63) is 28.8 Å². The van der Waals surface area contributed by atoms with Gasteiger partial charge in [0.15, 0.2) is 6.61 Å². The molecule has 0 heterocycles. The summed E-state index contributed by atoms with van der Waals surface area (Å²) < 4.78 is 5.36. The van der Waals surface area contributed by atoms with Crippen molar-refractivity contribution in [1.29, 1.82) is 0 Å². The van der Waals surface area contributed by atoms with Crippen LogP contribution in [0.25, 0.3) is 0 Å². The van der Waals surface area contributed by atoms with E-state index < -0.39 is 0 Å². The fourth-order valence-electron chi connectivity index (χ4n) is 1.26. The third kappa shape index (κ3) is 3.61. The van der Waals surface area contributed by atoms with Gasteiger partial charge in [-0.1, -0.05) is 23.7 Å². The molecule has 1 aromatic carbocycles. The molecule has 0 spiro atoms. The molecule has 1 amide bonds. The van der Waals surface area contributed by atoms with Crippen molar-refractivity contribution in [3.8, 4) is 5.75 Å². The van der Waals surface area contributed by atoms with Gasteiger partial charge in [-0.15, -0.1) is 0 Å². The van der Waals surface area contributed by atoms with Crippen molar-refractivity contribution >= 4 is 17.5 Å². The van der Waals surface area contributed by atoms with Gasteiger partial charge in [-0.3, -0.25) is 4.79 Å². The van der Waals surface area contributed by atoms with Crippen LogP contribution in [0.2, 0.25) is 5.02 Å². The van der Waals surface area contributed by atoms with E-state index in [4.69, 9.17) is 21.4 Å². The van der Waals surface area contributed by atoms with E-state index >= 15 is 0 Å². The number of benzene rings is 1. The molecule has 17 heavy (non-hydrogen) atoms. The number of likely N-dealkylation sites (N-methyl/N-ethyl adjacent to an activating group) is 1. The minimum atomic E-state index is -0.173. The van der Waals surface area contributed by atoms with Gasteiger partial charge >= 0.3 is 0 Å². The molecular weight excluding hydrogens is 242 g/mol. The minimum Gasteiger partial charge on any atom is -0.482 e. The summed E-state index contributed by atoms with van der Waals surface area (Å²) in [7, 11) is 1.70. The first-order valence-corrected chi connectivity index (χ1v) is 5.73. The highest BCUT2D eigenvalue weighted by atomic mass is 35.5. The van der Waals surface area contributed by atoms with Crippen molar-refractivity contribution < 1.29 is 14.6 Å². The van der Waals surface area contributed by atoms with E-state index in [0.29, 0.717) is 22.9 Å². The number of hydrogen-bond donors (Lipinski definition) is 1. The molecule has 0 radical (unpaired) electrons. The summed E-state index contributed by atoms with van der Waals surface area (Å²) in [6.07, 6.45) is 0. The molecule has 0 aliphatic heterocycles. The maximum atomic E-state index is 11.6. The van der Waals surface area contributed by atoms with Crippen LogP contribution < -0.4 is 4.74 Å². The second kappa shape index (κ2) is 6.47. The minimum absolute atomic E-state index is 0.0823. The smallest absolute Gasteiger partial charge is 0.260 e. The zero-order valence-electron chi connectivity index (χ0n) is 9.94. The molecule has 94 valence electrons. The molecule has 0 saturated carbocycles. The summed E-state index contributed by atoms with van der Waals surface area (Å²) in [5, 5.41) is 9.52. The van der Waals surface area contributed by atoms with Crippen LogP contribution >= 0.6 is 11.6 Å². The first-order chi connectivity index (χ1) is 8.10. The second-order valence-electron chi connectivity index (χ2n) is 3.58. The predicted octanol–water partition coefficient (Wildman–Crippen LogP) is 1.69. The molecular formula is C12H16ClNO3. The van der Waals surface area contributed by atoms with Crippen molar-refractivity contribution in [2.24, 2.45) is 0 Å². The van der Waals surface area contributed by atoms with Crippen LogP contribution in [0.3, 0.4) is 0 Å². The highest BCUT2D eigenvalue weighted by Gasteiger charge is 2.12. The summed E-state index contributed by atoms with van der Waals surface area (Å²) in [5.74, 6) is 0.242. The third-order valence-corrected chi connectivity index (χ3v) is 2.76. The molecule has 0 fully saturated rings. The van der Waals surface area contributed by atoms with E-state index in [1.807, 2.05) is 6.92 Å². The van der Waals surface area contributed by atoms with Crippen molar-refractivity contribution in [1.82, 2.24) is 4.90 Å². The molecule has 1 aromatic rings. The molecule has 1 rings (SSSR count). The summed E-state index contributed by atoms with van der Waals surface area (Å²) >= 11 is 5.94. The molecule has 0 bridgehead atoms. The maximum Gasteiger partial charge on any atom is 0.260 e. The van der Waals surface area contributed by atoms with Crippen LogP contribution in [-0.4, -0.2) is 36.1 Å². The molecule has 0 unspecified atom stereocenters. The summed E-state index contributed by atoms with van der Waals surface area (Å²) in [5.41, 5.74) is 0.574. The number of hydrogen-bond acceptors (Lipinski definition) is 3. The number of nitrogens with zero attached hydrogens (tertiary/aromatic N) is 1. The van der Waals surface area contributed by atoms with E-state index in [9.17, 15) is 4.79 Å². The molecule has 0 aliphatic carbocycles. The molecule has 0 aliphatic rings. The van der Waals surface area contributed by atoms with Gasteiger partial charge in [-0.2, -0.15) is 0 Å². The molecule has 0 atom stereocenters. The fourth-order valence-corrected chi connectivity index (χ4v) is 1.51. The Morgan fingerprint density at radius 2 is 2.24 bits per heavy atom. The van der Waals surface area contributed by atoms with Gasteiger partial charge in [0.2, 0.25) is 0 Å². The quantitative estimate of drug-likeness (QED) is 0.873. The monoisotopic (exact) mass is 257 g/mol. The number of para-hydroxylation sites is 1. The zero-order valence-corrected chi connectivity index (χ0v) is 10.7. The van der Waals surface area contributed by atoms with Gasteiger partial charge in [-0.25, -0.2) is 0 Å². The van der Waals surface area contributed by atoms with E-state index in [0.717, 1.165) is 0 Å². The van der Waals surface area contributed by atoms with E-state index in [-0.39, 0.29) is 19.1 Å². The van der Waals surface area contributed by atoms with E-state index in [1.54, 1.807) is 30.1 Å². The summed E-state index contributed by atoms with van der Waals surface area (Å²) in [4.78, 5) is 13.1. The number of carbonyl (C=O) groups excluding carboxylic acids is 1. The summed E-state index contributed by atoms with van der Waals surface area (Å²) in [6.45, 7) is 2.25. The Kier molecular flexibility index (Phi) is 5.25. The van der Waals surface area contributed by atoms with Crippen LogP contribution in [-0.2, 0) is 11.4 Å². The summed E-state index contributed by atoms with van der Waals surface area (Å²) in [6, 6.07) is 5.08. The number of ether oxygens (including phenoxy) is 1. The average Bonchev–Trinajstić information content (AvgIpc) is 2.35. The highest BCUT2D eigenvalue weighted by molar-refractivity contribution is 6.32. The van der Waals surface area contributed by atoms with Crippen molar-refractivity contribution in [2.75, 3.05) is 20.2 Å². The molecule has 4 nitrogen and oxygen atoms in total. The molecule has 0 aromatic heterocycles. The number of halogens is 1. The Bertz CT molecular complexity index is 395. The fraction of sp³-hybridized carbons (Fsp3) is 0.417. The van der Waals surface area contributed by atoms with Gasteiger partial charge in [0.05, 0.1) is 11.6 Å². The molecule has 1 N–H and O–H groups in total. The number of rotatable bonds is 5. The van der Waals surface area contributed by atoms with Crippen LogP contribution in [0, 0.1) is 0 Å². The second-order valence-corrected chi connectivity index (χ2v) is 3.99. The van der Waals surface area contributed by atoms with Crippen LogP contribution in [0.5, 0.6) is 5.75 Å². The lowest BCUT2D eigenvalue weighted by molar-refractivity contribution is -0.131. The van der Waals surface area contributed by atoms with Crippen LogP contribution in [0.1, 0.15) is 12.5 Å². The lowest BCUT2D eigenvalue weighted by Gasteiger charge is -2.16. The Balaban J connectivity index is 2.72. The number of aliphatic hydroxyl groups excluding tert-OH is 1. The predicted molar refractivity (Wildman–Crippen MR) is 66.2 cm³/mol.